The van der Waals surface area contributed by atoms with Gasteiger partial charge in [-0.25, -0.2) is 4.98 Å². The zero-order valence-electron chi connectivity index (χ0n) is 19.8. The molecule has 2 saturated heterocycles. The number of likely N-dealkylation sites (tertiary alicyclic amines) is 2. The number of carbonyl (C=O) groups excluding carboxylic acids is 3. The molecule has 8 nitrogen and oxygen atoms in total. The molecule has 0 radical (unpaired) electrons. The van der Waals surface area contributed by atoms with Crippen LogP contribution in [0.5, 0.6) is 5.75 Å². The van der Waals surface area contributed by atoms with Crippen LogP contribution in [0.15, 0.2) is 40.1 Å². The normalized spacial score (nSPS) is 18.3. The number of hydrogen-bond acceptors (Lipinski definition) is 7. The number of amides is 3. The van der Waals surface area contributed by atoms with Gasteiger partial charge < -0.3 is 19.9 Å². The number of rotatable bonds is 7. The Morgan fingerprint density at radius 1 is 1.26 bits per heavy atom. The topological polar surface area (TPSA) is 91.8 Å². The first-order valence-electron chi connectivity index (χ1n) is 11.6. The van der Waals surface area contributed by atoms with Crippen LogP contribution < -0.4 is 10.1 Å². The van der Waals surface area contributed by atoms with Gasteiger partial charge in [-0.05, 0) is 50.0 Å². The van der Waals surface area contributed by atoms with Crippen LogP contribution in [-0.4, -0.2) is 65.8 Å². The van der Waals surface area contributed by atoms with E-state index in [-0.39, 0.29) is 29.1 Å². The number of thiazole rings is 1. The van der Waals surface area contributed by atoms with Crippen molar-refractivity contribution < 1.29 is 19.1 Å². The predicted octanol–water partition coefficient (Wildman–Crippen LogP) is 3.82. The summed E-state index contributed by atoms with van der Waals surface area (Å²) in [7, 11) is 1.57. The van der Waals surface area contributed by atoms with Crippen LogP contribution in [0.25, 0.3) is 0 Å². The van der Waals surface area contributed by atoms with Gasteiger partial charge in [0.15, 0.2) is 5.13 Å². The molecule has 0 atom stereocenters. The van der Waals surface area contributed by atoms with Crippen LogP contribution in [0.2, 0.25) is 0 Å². The van der Waals surface area contributed by atoms with Crippen molar-refractivity contribution in [1.82, 2.24) is 14.8 Å². The van der Waals surface area contributed by atoms with E-state index in [9.17, 15) is 14.4 Å². The molecule has 2 aromatic rings. The Balaban J connectivity index is 1.28. The molecule has 184 valence electrons. The molecule has 3 heterocycles. The Bertz CT molecular complexity index is 1200. The number of anilines is 1. The second-order valence-corrected chi connectivity index (χ2v) is 11.9. The number of hydrogen-bond donors (Lipinski definition) is 1. The molecule has 1 saturated carbocycles. The molecule has 35 heavy (non-hydrogen) atoms. The molecule has 1 aromatic carbocycles. The first-order valence-corrected chi connectivity index (χ1v) is 13.3. The standard InChI is InChI=1S/C25H28N4O4S2/c1-4-20(30)28-8-7-25(12-28)13-29(14-25)23(32)17-10-19(15(2)9-18(17)33-3)34-21-11-26-24(35-21)27-22(31)16-5-6-16/h4,9-11,16H,1,5-8,12-14H2,2-3H3,(H,26,27,31). The molecule has 1 aliphatic carbocycles. The van der Waals surface area contributed by atoms with E-state index < -0.39 is 0 Å². The van der Waals surface area contributed by atoms with Crippen molar-refractivity contribution in [2.45, 2.75) is 35.3 Å². The number of benzene rings is 1. The van der Waals surface area contributed by atoms with Crippen molar-refractivity contribution in [2.24, 2.45) is 11.3 Å². The zero-order valence-corrected chi connectivity index (χ0v) is 21.5. The smallest absolute Gasteiger partial charge is 0.257 e. The maximum Gasteiger partial charge on any atom is 0.257 e. The molecular weight excluding hydrogens is 484 g/mol. The van der Waals surface area contributed by atoms with Crippen LogP contribution in [0.3, 0.4) is 0 Å². The van der Waals surface area contributed by atoms with E-state index in [0.29, 0.717) is 42.6 Å². The van der Waals surface area contributed by atoms with Gasteiger partial charge in [-0.2, -0.15) is 0 Å². The van der Waals surface area contributed by atoms with Crippen molar-refractivity contribution in [3.8, 4) is 5.75 Å². The minimum absolute atomic E-state index is 0.0201. The zero-order chi connectivity index (χ0) is 24.7. The molecule has 0 bridgehead atoms. The number of nitrogens with zero attached hydrogens (tertiary/aromatic N) is 3. The predicted molar refractivity (Wildman–Crippen MR) is 135 cm³/mol. The third-order valence-corrected chi connectivity index (χ3v) is 9.04. The maximum atomic E-state index is 13.4. The molecule has 1 N–H and O–H groups in total. The average Bonchev–Trinajstić information content (AvgIpc) is 3.44. The van der Waals surface area contributed by atoms with Crippen molar-refractivity contribution in [1.29, 1.82) is 0 Å². The number of aromatic nitrogens is 1. The lowest BCUT2D eigenvalue weighted by molar-refractivity contribution is -0.125. The lowest BCUT2D eigenvalue weighted by atomic mass is 9.78. The quantitative estimate of drug-likeness (QED) is 0.567. The third-order valence-electron chi connectivity index (χ3n) is 6.87. The van der Waals surface area contributed by atoms with Crippen LogP contribution >= 0.6 is 23.1 Å². The number of carbonyl (C=O) groups is 3. The fraction of sp³-hybridized carbons (Fsp3) is 0.440. The van der Waals surface area contributed by atoms with Crippen molar-refractivity contribution in [2.75, 3.05) is 38.6 Å². The Hall–Kier alpha value is -2.85. The molecule has 3 aliphatic rings. The monoisotopic (exact) mass is 512 g/mol. The van der Waals surface area contributed by atoms with E-state index in [1.54, 1.807) is 13.3 Å². The van der Waals surface area contributed by atoms with E-state index in [4.69, 9.17) is 4.74 Å². The van der Waals surface area contributed by atoms with Crippen LogP contribution in [-0.2, 0) is 9.59 Å². The molecule has 1 aromatic heterocycles. The first kappa shape index (κ1) is 23.9. The summed E-state index contributed by atoms with van der Waals surface area (Å²) in [6.45, 7) is 8.19. The molecule has 0 unspecified atom stereocenters. The molecule has 3 amide bonds. The molecular formula is C25H28N4O4S2. The number of ether oxygens (including phenoxy) is 1. The fourth-order valence-corrected chi connectivity index (χ4v) is 6.67. The minimum atomic E-state index is -0.0653. The van der Waals surface area contributed by atoms with Crippen LogP contribution in [0, 0.1) is 18.3 Å². The highest BCUT2D eigenvalue weighted by Gasteiger charge is 2.50. The molecule has 3 fully saturated rings. The van der Waals surface area contributed by atoms with Crippen LogP contribution in [0.4, 0.5) is 5.13 Å². The van der Waals surface area contributed by atoms with Gasteiger partial charge in [0.05, 0.1) is 23.1 Å². The minimum Gasteiger partial charge on any atom is -0.496 e. The molecule has 1 spiro atoms. The fourth-order valence-electron chi connectivity index (χ4n) is 4.72. The number of aryl methyl sites for hydroxylation is 1. The van der Waals surface area contributed by atoms with Crippen molar-refractivity contribution in [3.63, 3.8) is 0 Å². The second-order valence-electron chi connectivity index (χ2n) is 9.54. The third kappa shape index (κ3) is 4.81. The summed E-state index contributed by atoms with van der Waals surface area (Å²) in [4.78, 5) is 46.3. The second kappa shape index (κ2) is 9.31. The molecule has 5 rings (SSSR count). The van der Waals surface area contributed by atoms with Crippen molar-refractivity contribution in [3.05, 3.63) is 42.1 Å². The largest absolute Gasteiger partial charge is 0.496 e. The maximum absolute atomic E-state index is 13.4. The molecule has 2 aliphatic heterocycles. The lowest BCUT2D eigenvalue weighted by Crippen LogP contribution is -2.59. The first-order chi connectivity index (χ1) is 16.8. The van der Waals surface area contributed by atoms with E-state index in [1.807, 2.05) is 28.9 Å². The van der Waals surface area contributed by atoms with Gasteiger partial charge >= 0.3 is 0 Å². The summed E-state index contributed by atoms with van der Waals surface area (Å²) in [5.41, 5.74) is 1.50. The Morgan fingerprint density at radius 2 is 2.00 bits per heavy atom. The van der Waals surface area contributed by atoms with Gasteiger partial charge in [-0.1, -0.05) is 29.7 Å². The van der Waals surface area contributed by atoms with Gasteiger partial charge in [0.25, 0.3) is 5.91 Å². The molecule has 10 heteroatoms. The van der Waals surface area contributed by atoms with Crippen molar-refractivity contribution >= 4 is 46.0 Å². The summed E-state index contributed by atoms with van der Waals surface area (Å²) >= 11 is 2.95. The van der Waals surface area contributed by atoms with E-state index in [0.717, 1.165) is 33.9 Å². The van der Waals surface area contributed by atoms with Crippen LogP contribution in [0.1, 0.15) is 35.2 Å². The Kier molecular flexibility index (Phi) is 6.35. The van der Waals surface area contributed by atoms with Gasteiger partial charge in [0.1, 0.15) is 5.75 Å². The summed E-state index contributed by atoms with van der Waals surface area (Å²) < 4.78 is 6.48. The van der Waals surface area contributed by atoms with Gasteiger partial charge in [0, 0.05) is 42.4 Å². The van der Waals surface area contributed by atoms with E-state index >= 15 is 0 Å². The average molecular weight is 513 g/mol. The lowest BCUT2D eigenvalue weighted by Gasteiger charge is -2.48. The highest BCUT2D eigenvalue weighted by molar-refractivity contribution is 8.01. The SMILES string of the molecule is C=CC(=O)N1CCC2(C1)CN(C(=O)c1cc(Sc3cnc(NC(=O)C4CC4)s3)c(C)cc1OC)C2. The number of nitrogens with one attached hydrogen (secondary N) is 1. The summed E-state index contributed by atoms with van der Waals surface area (Å²) in [5.74, 6) is 0.601. The Morgan fingerprint density at radius 3 is 2.69 bits per heavy atom. The summed E-state index contributed by atoms with van der Waals surface area (Å²) in [5, 5.41) is 3.48. The van der Waals surface area contributed by atoms with Gasteiger partial charge in [-0.15, -0.1) is 0 Å². The Labute approximate surface area is 212 Å². The van der Waals surface area contributed by atoms with E-state index in [2.05, 4.69) is 16.9 Å². The van der Waals surface area contributed by atoms with Gasteiger partial charge in [0.2, 0.25) is 11.8 Å². The summed E-state index contributed by atoms with van der Waals surface area (Å²) in [6.07, 6.45) is 5.89. The highest BCUT2D eigenvalue weighted by Crippen LogP contribution is 2.43. The van der Waals surface area contributed by atoms with Gasteiger partial charge in [-0.3, -0.25) is 14.4 Å². The van der Waals surface area contributed by atoms with E-state index in [1.165, 1.54) is 29.2 Å². The highest BCUT2D eigenvalue weighted by atomic mass is 32.2. The summed E-state index contributed by atoms with van der Waals surface area (Å²) in [6, 6.07) is 3.78. The number of methoxy groups -OCH3 is 1.